The van der Waals surface area contributed by atoms with E-state index in [-0.39, 0.29) is 12.0 Å². The van der Waals surface area contributed by atoms with Crippen LogP contribution in [0.15, 0.2) is 12.1 Å². The number of aliphatic hydroxyl groups is 1. The molecule has 0 aromatic heterocycles. The van der Waals surface area contributed by atoms with Crippen LogP contribution in [0.5, 0.6) is 11.5 Å². The number of nitrogen functional groups attached to an aromatic ring is 1. The fourth-order valence-electron chi connectivity index (χ4n) is 3.43. The molecule has 1 aliphatic rings. The summed E-state index contributed by atoms with van der Waals surface area (Å²) < 4.78 is 11.2. The number of piperidine rings is 1. The average molecular weight is 336 g/mol. The fourth-order valence-corrected chi connectivity index (χ4v) is 3.43. The number of aliphatic hydroxyl groups excluding tert-OH is 1. The molecule has 0 spiro atoms. The van der Waals surface area contributed by atoms with E-state index in [1.807, 2.05) is 12.1 Å². The highest BCUT2D eigenvalue weighted by molar-refractivity contribution is 5.62. The molecule has 1 aliphatic heterocycles. The van der Waals surface area contributed by atoms with E-state index in [1.165, 1.54) is 0 Å². The smallest absolute Gasteiger partial charge is 0.184 e. The van der Waals surface area contributed by atoms with Gasteiger partial charge in [-0.25, -0.2) is 0 Å². The lowest BCUT2D eigenvalue weighted by Gasteiger charge is -2.36. The van der Waals surface area contributed by atoms with Crippen LogP contribution in [0.25, 0.3) is 0 Å². The van der Waals surface area contributed by atoms with Gasteiger partial charge >= 0.3 is 0 Å². The third kappa shape index (κ3) is 4.77. The summed E-state index contributed by atoms with van der Waals surface area (Å²) in [7, 11) is 1.63. The number of rotatable bonds is 8. The average Bonchev–Trinajstić information content (AvgIpc) is 2.56. The van der Waals surface area contributed by atoms with E-state index in [0.29, 0.717) is 23.8 Å². The zero-order chi connectivity index (χ0) is 17.5. The fraction of sp³-hybridized carbons (Fsp3) is 0.684. The number of anilines is 1. The Morgan fingerprint density at radius 2 is 2.08 bits per heavy atom. The van der Waals surface area contributed by atoms with Gasteiger partial charge in [0.25, 0.3) is 0 Å². The Labute approximate surface area is 145 Å². The van der Waals surface area contributed by atoms with Crippen molar-refractivity contribution in [2.24, 2.45) is 5.92 Å². The maximum absolute atomic E-state index is 10.4. The summed E-state index contributed by atoms with van der Waals surface area (Å²) in [6, 6.07) is 3.95. The van der Waals surface area contributed by atoms with Gasteiger partial charge < -0.3 is 25.2 Å². The van der Waals surface area contributed by atoms with E-state index >= 15 is 0 Å². The molecule has 1 heterocycles. The van der Waals surface area contributed by atoms with Crippen LogP contribution in [0.2, 0.25) is 0 Å². The molecule has 5 nitrogen and oxygen atoms in total. The van der Waals surface area contributed by atoms with Crippen molar-refractivity contribution in [3.8, 4) is 11.5 Å². The second kappa shape index (κ2) is 9.14. The van der Waals surface area contributed by atoms with Gasteiger partial charge in [-0.15, -0.1) is 0 Å². The highest BCUT2D eigenvalue weighted by atomic mass is 16.5. The lowest BCUT2D eigenvalue weighted by molar-refractivity contribution is 0.0270. The van der Waals surface area contributed by atoms with Crippen molar-refractivity contribution >= 4 is 5.69 Å². The zero-order valence-corrected chi connectivity index (χ0v) is 15.3. The van der Waals surface area contributed by atoms with E-state index in [9.17, 15) is 5.11 Å². The van der Waals surface area contributed by atoms with Crippen molar-refractivity contribution in [1.82, 2.24) is 4.90 Å². The van der Waals surface area contributed by atoms with Crippen LogP contribution >= 0.6 is 0 Å². The third-order valence-corrected chi connectivity index (χ3v) is 4.63. The molecule has 5 heteroatoms. The molecule has 0 aliphatic carbocycles. The number of hydrogen-bond acceptors (Lipinski definition) is 5. The minimum Gasteiger partial charge on any atom is -0.493 e. The van der Waals surface area contributed by atoms with Gasteiger partial charge in [0.1, 0.15) is 0 Å². The molecule has 0 radical (unpaired) electrons. The number of likely N-dealkylation sites (tertiary alicyclic amines) is 1. The first kappa shape index (κ1) is 18.9. The molecular weight excluding hydrogens is 304 g/mol. The van der Waals surface area contributed by atoms with Crippen molar-refractivity contribution < 1.29 is 14.6 Å². The SMILES string of the molecule is CCCOc1c(N)cc(CC2CN(CCC)CCC2O)cc1OC. The van der Waals surface area contributed by atoms with Crippen molar-refractivity contribution in [3.63, 3.8) is 0 Å². The number of nitrogens with zero attached hydrogens (tertiary/aromatic N) is 1. The standard InChI is InChI=1S/C19H32N2O3/c1-4-7-21-8-6-17(22)15(13-21)10-14-11-16(20)19(24-9-5-2)18(12-14)23-3/h11-12,15,17,22H,4-10,13,20H2,1-3H3. The van der Waals surface area contributed by atoms with Gasteiger partial charge in [-0.2, -0.15) is 0 Å². The molecule has 0 bridgehead atoms. The largest absolute Gasteiger partial charge is 0.493 e. The monoisotopic (exact) mass is 336 g/mol. The van der Waals surface area contributed by atoms with Crippen LogP contribution in [0.4, 0.5) is 5.69 Å². The number of nitrogens with two attached hydrogens (primary N) is 1. The zero-order valence-electron chi connectivity index (χ0n) is 15.3. The van der Waals surface area contributed by atoms with E-state index in [0.717, 1.165) is 50.9 Å². The van der Waals surface area contributed by atoms with E-state index in [4.69, 9.17) is 15.2 Å². The number of hydrogen-bond donors (Lipinski definition) is 2. The Hall–Kier alpha value is -1.46. The molecule has 1 saturated heterocycles. The number of benzene rings is 1. The van der Waals surface area contributed by atoms with Crippen LogP contribution in [0.1, 0.15) is 38.7 Å². The first-order chi connectivity index (χ1) is 11.6. The molecule has 1 aromatic rings. The van der Waals surface area contributed by atoms with E-state index in [2.05, 4.69) is 18.7 Å². The molecule has 0 saturated carbocycles. The first-order valence-corrected chi connectivity index (χ1v) is 9.08. The van der Waals surface area contributed by atoms with Crippen LogP contribution in [-0.2, 0) is 6.42 Å². The molecule has 2 unspecified atom stereocenters. The van der Waals surface area contributed by atoms with Crippen LogP contribution < -0.4 is 15.2 Å². The summed E-state index contributed by atoms with van der Waals surface area (Å²) in [6.45, 7) is 7.89. The molecule has 1 aromatic carbocycles. The summed E-state index contributed by atoms with van der Waals surface area (Å²) in [6.07, 6.45) is 3.46. The summed E-state index contributed by atoms with van der Waals surface area (Å²) in [5.41, 5.74) is 7.87. The summed E-state index contributed by atoms with van der Waals surface area (Å²) in [4.78, 5) is 2.44. The van der Waals surface area contributed by atoms with Gasteiger partial charge in [0, 0.05) is 19.0 Å². The van der Waals surface area contributed by atoms with Crippen LogP contribution in [-0.4, -0.2) is 49.5 Å². The van der Waals surface area contributed by atoms with E-state index in [1.54, 1.807) is 7.11 Å². The maximum Gasteiger partial charge on any atom is 0.184 e. The quantitative estimate of drug-likeness (QED) is 0.715. The summed E-state index contributed by atoms with van der Waals surface area (Å²) in [5.74, 6) is 1.53. The second-order valence-electron chi connectivity index (χ2n) is 6.69. The first-order valence-electron chi connectivity index (χ1n) is 9.08. The van der Waals surface area contributed by atoms with Gasteiger partial charge in [-0.1, -0.05) is 13.8 Å². The molecule has 2 atom stereocenters. The van der Waals surface area contributed by atoms with Crippen molar-refractivity contribution in [1.29, 1.82) is 0 Å². The predicted molar refractivity (Wildman–Crippen MR) is 97.7 cm³/mol. The van der Waals surface area contributed by atoms with Gasteiger partial charge in [0.15, 0.2) is 11.5 Å². The van der Waals surface area contributed by atoms with Crippen LogP contribution in [0, 0.1) is 5.92 Å². The Morgan fingerprint density at radius 1 is 1.29 bits per heavy atom. The minimum atomic E-state index is -0.249. The molecule has 2 rings (SSSR count). The number of ether oxygens (including phenoxy) is 2. The van der Waals surface area contributed by atoms with Crippen molar-refractivity contribution in [2.45, 2.75) is 45.6 Å². The molecule has 24 heavy (non-hydrogen) atoms. The highest BCUT2D eigenvalue weighted by Gasteiger charge is 2.28. The Bertz CT molecular complexity index is 522. The molecule has 1 fully saturated rings. The Morgan fingerprint density at radius 3 is 2.75 bits per heavy atom. The van der Waals surface area contributed by atoms with Crippen molar-refractivity contribution in [2.75, 3.05) is 39.1 Å². The molecule has 136 valence electrons. The second-order valence-corrected chi connectivity index (χ2v) is 6.69. The van der Waals surface area contributed by atoms with Gasteiger partial charge in [0.05, 0.1) is 25.5 Å². The Kier molecular flexibility index (Phi) is 7.18. The van der Waals surface area contributed by atoms with Crippen molar-refractivity contribution in [3.05, 3.63) is 17.7 Å². The molecule has 3 N–H and O–H groups in total. The third-order valence-electron chi connectivity index (χ3n) is 4.63. The van der Waals surface area contributed by atoms with Gasteiger partial charge in [-0.05, 0) is 49.9 Å². The minimum absolute atomic E-state index is 0.233. The number of methoxy groups -OCH3 is 1. The predicted octanol–water partition coefficient (Wildman–Crippen LogP) is 2.70. The van der Waals surface area contributed by atoms with Crippen LogP contribution in [0.3, 0.4) is 0 Å². The molecule has 0 amide bonds. The summed E-state index contributed by atoms with van der Waals surface area (Å²) in [5, 5.41) is 10.4. The highest BCUT2D eigenvalue weighted by Crippen LogP contribution is 2.36. The Balaban J connectivity index is 2.12. The lowest BCUT2D eigenvalue weighted by Crippen LogP contribution is -2.44. The lowest BCUT2D eigenvalue weighted by atomic mass is 9.88. The normalized spacial score (nSPS) is 21.7. The van der Waals surface area contributed by atoms with Gasteiger partial charge in [0.2, 0.25) is 0 Å². The topological polar surface area (TPSA) is 68.0 Å². The summed E-state index contributed by atoms with van der Waals surface area (Å²) >= 11 is 0. The maximum atomic E-state index is 10.4. The molecular formula is C19H32N2O3. The van der Waals surface area contributed by atoms with E-state index < -0.39 is 0 Å². The van der Waals surface area contributed by atoms with Gasteiger partial charge in [-0.3, -0.25) is 0 Å².